The van der Waals surface area contributed by atoms with Gasteiger partial charge in [-0.15, -0.1) is 0 Å². The van der Waals surface area contributed by atoms with Gasteiger partial charge in [0.2, 0.25) is 0 Å². The Balaban J connectivity index is 1.61. The normalized spacial score (nSPS) is 23.1. The van der Waals surface area contributed by atoms with Crippen LogP contribution in [0.4, 0.5) is 0 Å². The molecule has 1 unspecified atom stereocenters. The SMILES string of the molecule is c1ccc(CC2CNCCC23Cc2ccccc2C3)cc1. The van der Waals surface area contributed by atoms with Gasteiger partial charge in [0.15, 0.2) is 0 Å². The van der Waals surface area contributed by atoms with Crippen molar-refractivity contribution in [3.8, 4) is 0 Å². The number of hydrogen-bond acceptors (Lipinski definition) is 1. The molecule has 1 fully saturated rings. The average Bonchev–Trinajstić information content (AvgIpc) is 2.89. The van der Waals surface area contributed by atoms with Crippen LogP contribution in [0.15, 0.2) is 54.6 Å². The third kappa shape index (κ3) is 2.40. The lowest BCUT2D eigenvalue weighted by atomic mass is 9.66. The van der Waals surface area contributed by atoms with Gasteiger partial charge in [0.25, 0.3) is 0 Å². The van der Waals surface area contributed by atoms with Crippen molar-refractivity contribution in [1.29, 1.82) is 0 Å². The molecule has 0 radical (unpaired) electrons. The second-order valence-corrected chi connectivity index (χ2v) is 6.83. The maximum absolute atomic E-state index is 3.63. The van der Waals surface area contributed by atoms with E-state index in [2.05, 4.69) is 59.9 Å². The number of nitrogens with one attached hydrogen (secondary N) is 1. The topological polar surface area (TPSA) is 12.0 Å². The Morgan fingerprint density at radius 3 is 2.29 bits per heavy atom. The Morgan fingerprint density at radius 1 is 0.905 bits per heavy atom. The summed E-state index contributed by atoms with van der Waals surface area (Å²) < 4.78 is 0. The number of hydrogen-bond donors (Lipinski definition) is 1. The van der Waals surface area contributed by atoms with Crippen LogP contribution in [0.3, 0.4) is 0 Å². The Kier molecular flexibility index (Phi) is 3.31. The van der Waals surface area contributed by atoms with Crippen LogP contribution in [0.1, 0.15) is 23.1 Å². The first-order valence-electron chi connectivity index (χ1n) is 8.17. The second-order valence-electron chi connectivity index (χ2n) is 6.83. The number of piperidine rings is 1. The summed E-state index contributed by atoms with van der Waals surface area (Å²) in [7, 11) is 0. The van der Waals surface area contributed by atoms with Gasteiger partial charge in [-0.1, -0.05) is 54.6 Å². The predicted octanol–water partition coefficient (Wildman–Crippen LogP) is 3.62. The van der Waals surface area contributed by atoms with Crippen molar-refractivity contribution in [3.63, 3.8) is 0 Å². The third-order valence-corrected chi connectivity index (χ3v) is 5.58. The molecular weight excluding hydrogens is 254 g/mol. The van der Waals surface area contributed by atoms with Gasteiger partial charge < -0.3 is 5.32 Å². The Bertz CT molecular complexity index is 592. The molecule has 1 saturated heterocycles. The highest BCUT2D eigenvalue weighted by molar-refractivity contribution is 5.35. The van der Waals surface area contributed by atoms with Crippen LogP contribution in [0.25, 0.3) is 0 Å². The minimum atomic E-state index is 0.491. The zero-order chi connectivity index (χ0) is 14.1. The molecule has 21 heavy (non-hydrogen) atoms. The van der Waals surface area contributed by atoms with Crippen molar-refractivity contribution in [1.82, 2.24) is 5.32 Å². The zero-order valence-corrected chi connectivity index (χ0v) is 12.5. The van der Waals surface area contributed by atoms with E-state index in [1.165, 1.54) is 44.3 Å². The van der Waals surface area contributed by atoms with Crippen LogP contribution in [-0.2, 0) is 19.3 Å². The summed E-state index contributed by atoms with van der Waals surface area (Å²) >= 11 is 0. The van der Waals surface area contributed by atoms with E-state index in [1.54, 1.807) is 11.1 Å². The van der Waals surface area contributed by atoms with E-state index in [4.69, 9.17) is 0 Å². The fourth-order valence-corrected chi connectivity index (χ4v) is 4.41. The molecule has 108 valence electrons. The Labute approximate surface area is 127 Å². The summed E-state index contributed by atoms with van der Waals surface area (Å²) in [6.07, 6.45) is 5.09. The van der Waals surface area contributed by atoms with Crippen molar-refractivity contribution in [3.05, 3.63) is 71.3 Å². The van der Waals surface area contributed by atoms with Crippen molar-refractivity contribution in [2.45, 2.75) is 25.7 Å². The molecular formula is C20H23N. The van der Waals surface area contributed by atoms with Gasteiger partial charge in [0.05, 0.1) is 0 Å². The minimum Gasteiger partial charge on any atom is -0.316 e. The van der Waals surface area contributed by atoms with E-state index in [-0.39, 0.29) is 0 Å². The van der Waals surface area contributed by atoms with Crippen LogP contribution < -0.4 is 5.32 Å². The van der Waals surface area contributed by atoms with Gasteiger partial charge in [0, 0.05) is 0 Å². The van der Waals surface area contributed by atoms with E-state index in [9.17, 15) is 0 Å². The molecule has 0 bridgehead atoms. The van der Waals surface area contributed by atoms with Gasteiger partial charge in [-0.2, -0.15) is 0 Å². The second kappa shape index (κ2) is 5.31. The molecule has 1 nitrogen and oxygen atoms in total. The number of fused-ring (bicyclic) bond motifs is 1. The van der Waals surface area contributed by atoms with Crippen molar-refractivity contribution in [2.24, 2.45) is 11.3 Å². The highest BCUT2D eigenvalue weighted by Crippen LogP contribution is 2.47. The third-order valence-electron chi connectivity index (χ3n) is 5.58. The minimum absolute atomic E-state index is 0.491. The number of rotatable bonds is 2. The number of benzene rings is 2. The smallest absolute Gasteiger partial charge is 0.00118 e. The summed E-state index contributed by atoms with van der Waals surface area (Å²) in [6, 6.07) is 20.1. The van der Waals surface area contributed by atoms with Crippen molar-refractivity contribution >= 4 is 0 Å². The lowest BCUT2D eigenvalue weighted by molar-refractivity contribution is 0.119. The molecule has 1 aliphatic heterocycles. The maximum atomic E-state index is 3.63. The lowest BCUT2D eigenvalue weighted by Gasteiger charge is -2.42. The van der Waals surface area contributed by atoms with Gasteiger partial charge in [-0.25, -0.2) is 0 Å². The molecule has 2 aromatic rings. The van der Waals surface area contributed by atoms with Crippen LogP contribution in [0.2, 0.25) is 0 Å². The lowest BCUT2D eigenvalue weighted by Crippen LogP contribution is -2.46. The van der Waals surface area contributed by atoms with Crippen LogP contribution in [0, 0.1) is 11.3 Å². The summed E-state index contributed by atoms with van der Waals surface area (Å²) in [4.78, 5) is 0. The quantitative estimate of drug-likeness (QED) is 0.884. The van der Waals surface area contributed by atoms with Crippen molar-refractivity contribution < 1.29 is 0 Å². The molecule has 2 aromatic carbocycles. The Hall–Kier alpha value is -1.60. The molecule has 4 rings (SSSR count). The molecule has 0 amide bonds. The standard InChI is InChI=1S/C20H23N/c1-2-6-16(7-3-1)12-19-15-21-11-10-20(19)13-17-8-4-5-9-18(17)14-20/h1-9,19,21H,10-15H2. The first-order valence-corrected chi connectivity index (χ1v) is 8.17. The van der Waals surface area contributed by atoms with E-state index in [1.807, 2.05) is 0 Å². The van der Waals surface area contributed by atoms with E-state index in [0.29, 0.717) is 5.41 Å². The molecule has 0 aromatic heterocycles. The molecule has 1 atom stereocenters. The van der Waals surface area contributed by atoms with Crippen LogP contribution in [-0.4, -0.2) is 13.1 Å². The van der Waals surface area contributed by atoms with Gasteiger partial charge in [-0.3, -0.25) is 0 Å². The largest absolute Gasteiger partial charge is 0.316 e. The fraction of sp³-hybridized carbons (Fsp3) is 0.400. The molecule has 0 saturated carbocycles. The summed E-state index contributed by atoms with van der Waals surface area (Å²) in [6.45, 7) is 2.35. The predicted molar refractivity (Wildman–Crippen MR) is 87.4 cm³/mol. The molecule has 1 N–H and O–H groups in total. The highest BCUT2D eigenvalue weighted by Gasteiger charge is 2.44. The van der Waals surface area contributed by atoms with E-state index < -0.39 is 0 Å². The van der Waals surface area contributed by atoms with E-state index in [0.717, 1.165) is 5.92 Å². The summed E-state index contributed by atoms with van der Waals surface area (Å²) in [5.74, 6) is 0.751. The van der Waals surface area contributed by atoms with Crippen molar-refractivity contribution in [2.75, 3.05) is 13.1 Å². The zero-order valence-electron chi connectivity index (χ0n) is 12.5. The molecule has 1 spiro atoms. The van der Waals surface area contributed by atoms with Gasteiger partial charge in [0.1, 0.15) is 0 Å². The first-order chi connectivity index (χ1) is 10.4. The van der Waals surface area contributed by atoms with E-state index >= 15 is 0 Å². The summed E-state index contributed by atoms with van der Waals surface area (Å²) in [5, 5.41) is 3.63. The Morgan fingerprint density at radius 2 is 1.57 bits per heavy atom. The van der Waals surface area contributed by atoms with Crippen LogP contribution in [0.5, 0.6) is 0 Å². The fourth-order valence-electron chi connectivity index (χ4n) is 4.41. The molecule has 1 aliphatic carbocycles. The maximum Gasteiger partial charge on any atom is -0.00118 e. The first kappa shape index (κ1) is 13.1. The van der Waals surface area contributed by atoms with Gasteiger partial charge in [-0.05, 0) is 66.8 Å². The summed E-state index contributed by atoms with van der Waals surface area (Å²) in [5.41, 5.74) is 5.17. The molecule has 2 aliphatic rings. The van der Waals surface area contributed by atoms with Crippen LogP contribution >= 0.6 is 0 Å². The highest BCUT2D eigenvalue weighted by atomic mass is 14.9. The monoisotopic (exact) mass is 277 g/mol. The molecule has 1 heterocycles. The average molecular weight is 277 g/mol. The van der Waals surface area contributed by atoms with Gasteiger partial charge >= 0.3 is 0 Å². The molecule has 1 heteroatoms.